The summed E-state index contributed by atoms with van der Waals surface area (Å²) in [6.45, 7) is 3.80. The van der Waals surface area contributed by atoms with E-state index in [0.717, 1.165) is 0 Å². The van der Waals surface area contributed by atoms with Crippen LogP contribution >= 0.6 is 11.8 Å². The second-order valence-corrected chi connectivity index (χ2v) is 10.2. The maximum atomic E-state index is 13.2. The van der Waals surface area contributed by atoms with Gasteiger partial charge in [-0.3, -0.25) is 0 Å². The first-order valence-corrected chi connectivity index (χ1v) is 14.2. The molecule has 3 aromatic rings. The average Bonchev–Trinajstić information content (AvgIpc) is 3.00. The first-order chi connectivity index (χ1) is 19.5. The Kier molecular flexibility index (Phi) is 10.7. The maximum absolute atomic E-state index is 13.2. The van der Waals surface area contributed by atoms with Crippen LogP contribution in [-0.4, -0.2) is 66.7 Å². The van der Waals surface area contributed by atoms with Gasteiger partial charge in [0, 0.05) is 6.61 Å². The van der Waals surface area contributed by atoms with E-state index in [-0.39, 0.29) is 13.2 Å². The molecule has 4 rings (SSSR count). The number of carbonyl (C=O) groups is 3. The molecule has 0 bridgehead atoms. The molecular weight excluding hydrogens is 532 g/mol. The van der Waals surface area contributed by atoms with Crippen molar-refractivity contribution in [2.45, 2.75) is 43.7 Å². The van der Waals surface area contributed by atoms with Gasteiger partial charge in [0.05, 0.1) is 16.7 Å². The first-order valence-electron chi connectivity index (χ1n) is 13.1. The predicted molar refractivity (Wildman–Crippen MR) is 150 cm³/mol. The van der Waals surface area contributed by atoms with Crippen LogP contribution in [0.15, 0.2) is 91.0 Å². The highest BCUT2D eigenvalue weighted by Crippen LogP contribution is 2.35. The van der Waals surface area contributed by atoms with E-state index >= 15 is 0 Å². The SMILES string of the molecule is CCOC1C(OC(=O)c2ccccc2)C(COC(=O)c2ccccc2)O[C@@H](SCC)C1OC(=O)c1ccccc1. The number of ether oxygens (including phenoxy) is 5. The fourth-order valence-electron chi connectivity index (χ4n) is 4.31. The fourth-order valence-corrected chi connectivity index (χ4v) is 5.26. The molecule has 9 heteroatoms. The molecule has 8 nitrogen and oxygen atoms in total. The smallest absolute Gasteiger partial charge is 0.338 e. The summed E-state index contributed by atoms with van der Waals surface area (Å²) in [4.78, 5) is 39.0. The monoisotopic (exact) mass is 564 g/mol. The van der Waals surface area contributed by atoms with Gasteiger partial charge >= 0.3 is 17.9 Å². The largest absolute Gasteiger partial charge is 0.459 e. The summed E-state index contributed by atoms with van der Waals surface area (Å²) >= 11 is 1.42. The molecule has 0 saturated carbocycles. The van der Waals surface area contributed by atoms with Crippen molar-refractivity contribution in [3.8, 4) is 0 Å². The van der Waals surface area contributed by atoms with Gasteiger partial charge in [0.15, 0.2) is 12.2 Å². The summed E-state index contributed by atoms with van der Waals surface area (Å²) in [5, 5.41) is 0. The lowest BCUT2D eigenvalue weighted by Gasteiger charge is -2.44. The molecule has 0 aromatic heterocycles. The van der Waals surface area contributed by atoms with E-state index in [9.17, 15) is 14.4 Å². The normalized spacial score (nSPS) is 22.2. The molecule has 0 spiro atoms. The molecule has 1 aliphatic rings. The standard InChI is InChI=1S/C31H32O8S/c1-3-35-26-25(38-29(33)22-16-10-6-11-17-22)24(20-36-28(32)21-14-8-5-9-15-21)37-31(40-4-2)27(26)39-30(34)23-18-12-7-13-19-23/h5-19,24-27,31H,3-4,20H2,1-2H3/t24?,25?,26?,27?,31-/m0/s1. The molecule has 1 fully saturated rings. The van der Waals surface area contributed by atoms with Gasteiger partial charge in [-0.15, -0.1) is 11.8 Å². The predicted octanol–water partition coefficient (Wildman–Crippen LogP) is 5.18. The molecule has 0 amide bonds. The number of hydrogen-bond donors (Lipinski definition) is 0. The third-order valence-electron chi connectivity index (χ3n) is 6.17. The van der Waals surface area contributed by atoms with Crippen LogP contribution in [0.3, 0.4) is 0 Å². The topological polar surface area (TPSA) is 97.4 Å². The molecule has 210 valence electrons. The summed E-state index contributed by atoms with van der Waals surface area (Å²) in [6, 6.07) is 25.7. The number of hydrogen-bond acceptors (Lipinski definition) is 9. The lowest BCUT2D eigenvalue weighted by molar-refractivity contribution is -0.219. The van der Waals surface area contributed by atoms with Crippen molar-refractivity contribution >= 4 is 29.7 Å². The third-order valence-corrected chi connectivity index (χ3v) is 7.22. The third kappa shape index (κ3) is 7.50. The highest BCUT2D eigenvalue weighted by molar-refractivity contribution is 7.99. The van der Waals surface area contributed by atoms with Gasteiger partial charge < -0.3 is 23.7 Å². The number of benzene rings is 3. The average molecular weight is 565 g/mol. The van der Waals surface area contributed by atoms with Gasteiger partial charge in [-0.25, -0.2) is 14.4 Å². The van der Waals surface area contributed by atoms with Crippen molar-refractivity contribution < 1.29 is 38.1 Å². The van der Waals surface area contributed by atoms with Gasteiger partial charge in [-0.1, -0.05) is 61.5 Å². The van der Waals surface area contributed by atoms with Crippen LogP contribution in [0.5, 0.6) is 0 Å². The second-order valence-electron chi connectivity index (χ2n) is 8.85. The molecule has 1 saturated heterocycles. The molecule has 0 aliphatic carbocycles. The van der Waals surface area contributed by atoms with Crippen LogP contribution in [0.1, 0.15) is 44.9 Å². The van der Waals surface area contributed by atoms with Gasteiger partial charge in [0.2, 0.25) is 0 Å². The van der Waals surface area contributed by atoms with Gasteiger partial charge in [0.1, 0.15) is 24.3 Å². The zero-order valence-electron chi connectivity index (χ0n) is 22.3. The van der Waals surface area contributed by atoms with Gasteiger partial charge in [-0.05, 0) is 49.1 Å². The van der Waals surface area contributed by atoms with Gasteiger partial charge in [-0.2, -0.15) is 0 Å². The first kappa shape index (κ1) is 29.3. The molecule has 1 aliphatic heterocycles. The second kappa shape index (κ2) is 14.6. The van der Waals surface area contributed by atoms with Crippen molar-refractivity contribution in [1.29, 1.82) is 0 Å². The molecule has 1 heterocycles. The van der Waals surface area contributed by atoms with E-state index < -0.39 is 47.8 Å². The van der Waals surface area contributed by atoms with E-state index in [1.165, 1.54) is 11.8 Å². The minimum atomic E-state index is -1.04. The molecule has 4 unspecified atom stereocenters. The van der Waals surface area contributed by atoms with E-state index in [0.29, 0.717) is 22.4 Å². The van der Waals surface area contributed by atoms with E-state index in [1.54, 1.807) is 97.9 Å². The Labute approximate surface area is 237 Å². The number of rotatable bonds is 11. The molecule has 3 aromatic carbocycles. The highest BCUT2D eigenvalue weighted by atomic mass is 32.2. The number of thioether (sulfide) groups is 1. The Morgan fingerprint density at radius 2 is 1.15 bits per heavy atom. The van der Waals surface area contributed by atoms with Crippen molar-refractivity contribution in [2.75, 3.05) is 19.0 Å². The summed E-state index contributed by atoms with van der Waals surface area (Å²) in [7, 11) is 0. The number of carbonyl (C=O) groups excluding carboxylic acids is 3. The van der Waals surface area contributed by atoms with Crippen molar-refractivity contribution in [3.63, 3.8) is 0 Å². The zero-order chi connectivity index (χ0) is 28.3. The van der Waals surface area contributed by atoms with Crippen molar-refractivity contribution in [2.24, 2.45) is 0 Å². The molecular formula is C31H32O8S. The Morgan fingerprint density at radius 1 is 0.675 bits per heavy atom. The molecule has 5 atom stereocenters. The Bertz CT molecular complexity index is 1240. The van der Waals surface area contributed by atoms with E-state index in [1.807, 2.05) is 6.92 Å². The highest BCUT2D eigenvalue weighted by Gasteiger charge is 2.51. The van der Waals surface area contributed by atoms with Crippen LogP contribution in [0, 0.1) is 0 Å². The molecule has 0 radical (unpaired) electrons. The van der Waals surface area contributed by atoms with Crippen LogP contribution in [0.2, 0.25) is 0 Å². The van der Waals surface area contributed by atoms with Crippen LogP contribution in [-0.2, 0) is 23.7 Å². The van der Waals surface area contributed by atoms with Crippen LogP contribution in [0.4, 0.5) is 0 Å². The van der Waals surface area contributed by atoms with Gasteiger partial charge in [0.25, 0.3) is 0 Å². The summed E-state index contributed by atoms with van der Waals surface area (Å²) in [6.07, 6.45) is -3.72. The minimum absolute atomic E-state index is 0.204. The van der Waals surface area contributed by atoms with Crippen molar-refractivity contribution in [1.82, 2.24) is 0 Å². The quantitative estimate of drug-likeness (QED) is 0.231. The molecule has 40 heavy (non-hydrogen) atoms. The van der Waals surface area contributed by atoms with E-state index in [4.69, 9.17) is 23.7 Å². The van der Waals surface area contributed by atoms with Crippen molar-refractivity contribution in [3.05, 3.63) is 108 Å². The zero-order valence-corrected chi connectivity index (χ0v) is 23.2. The number of esters is 3. The van der Waals surface area contributed by atoms with Crippen LogP contribution < -0.4 is 0 Å². The van der Waals surface area contributed by atoms with Crippen LogP contribution in [0.25, 0.3) is 0 Å². The Morgan fingerprint density at radius 3 is 1.62 bits per heavy atom. The Balaban J connectivity index is 1.63. The fraction of sp³-hybridized carbons (Fsp3) is 0.323. The Hall–Kier alpha value is -3.66. The summed E-state index contributed by atoms with van der Waals surface area (Å²) in [5.41, 5.74) is 0.420. The maximum Gasteiger partial charge on any atom is 0.338 e. The lowest BCUT2D eigenvalue weighted by atomic mass is 9.99. The lowest BCUT2D eigenvalue weighted by Crippen LogP contribution is -2.61. The van der Waals surface area contributed by atoms with E-state index in [2.05, 4.69) is 0 Å². The summed E-state index contributed by atoms with van der Waals surface area (Å²) < 4.78 is 29.9. The molecule has 0 N–H and O–H groups in total. The minimum Gasteiger partial charge on any atom is -0.459 e. The summed E-state index contributed by atoms with van der Waals surface area (Å²) in [5.74, 6) is -1.05.